The van der Waals surface area contributed by atoms with Gasteiger partial charge in [-0.15, -0.1) is 0 Å². The van der Waals surface area contributed by atoms with Gasteiger partial charge in [0.05, 0.1) is 18.4 Å². The third kappa shape index (κ3) is 3.69. The number of benzene rings is 2. The predicted molar refractivity (Wildman–Crippen MR) is 88.8 cm³/mol. The minimum Gasteiger partial charge on any atom is -0.465 e. The van der Waals surface area contributed by atoms with Crippen molar-refractivity contribution in [1.82, 2.24) is 0 Å². The number of methoxy groups -OCH3 is 1. The Morgan fingerprint density at radius 2 is 2.04 bits per heavy atom. The molecule has 1 atom stereocenters. The molecule has 134 valence electrons. The molecule has 0 saturated carbocycles. The number of hydrogen-bond donors (Lipinski definition) is 1. The molecule has 2 aromatic carbocycles. The summed E-state index contributed by atoms with van der Waals surface area (Å²) in [5.74, 6) is -2.56. The predicted octanol–water partition coefficient (Wildman–Crippen LogP) is 2.88. The summed E-state index contributed by atoms with van der Waals surface area (Å²) in [4.78, 5) is 28.9. The number of carbonyl (C=O) groups is 2. The fourth-order valence-electron chi connectivity index (χ4n) is 2.45. The van der Waals surface area contributed by atoms with Crippen LogP contribution in [-0.2, 0) is 14.4 Å². The molecule has 0 aliphatic carbocycles. The highest BCUT2D eigenvalue weighted by Gasteiger charge is 2.29. The van der Waals surface area contributed by atoms with Gasteiger partial charge in [0, 0.05) is 17.7 Å². The third-order valence-electron chi connectivity index (χ3n) is 3.76. The van der Waals surface area contributed by atoms with E-state index in [9.17, 15) is 18.4 Å². The van der Waals surface area contributed by atoms with Gasteiger partial charge in [0.25, 0.3) is 5.91 Å². The van der Waals surface area contributed by atoms with Crippen LogP contribution in [0.15, 0.2) is 47.6 Å². The number of hydrogen-bond acceptors (Lipinski definition) is 5. The number of nitrogens with one attached hydrogen (secondary N) is 1. The van der Waals surface area contributed by atoms with Gasteiger partial charge in [0.1, 0.15) is 11.6 Å². The molecule has 26 heavy (non-hydrogen) atoms. The second-order valence-electron chi connectivity index (χ2n) is 5.52. The fraction of sp³-hybridized carbons (Fsp3) is 0.167. The van der Waals surface area contributed by atoms with Crippen LogP contribution in [0.5, 0.6) is 0 Å². The van der Waals surface area contributed by atoms with Crippen molar-refractivity contribution >= 4 is 23.3 Å². The molecule has 1 aliphatic rings. The van der Waals surface area contributed by atoms with Crippen LogP contribution in [-0.4, -0.2) is 30.8 Å². The number of nitrogens with zero attached hydrogens (tertiary/aromatic N) is 1. The van der Waals surface area contributed by atoms with Gasteiger partial charge >= 0.3 is 5.97 Å². The van der Waals surface area contributed by atoms with Crippen molar-refractivity contribution in [2.24, 2.45) is 5.16 Å². The lowest BCUT2D eigenvalue weighted by atomic mass is 10.0. The van der Waals surface area contributed by atoms with Crippen molar-refractivity contribution < 1.29 is 27.9 Å². The Hall–Kier alpha value is -3.29. The van der Waals surface area contributed by atoms with Gasteiger partial charge in [-0.3, -0.25) is 4.79 Å². The summed E-state index contributed by atoms with van der Waals surface area (Å²) in [5.41, 5.74) is 0.878. The van der Waals surface area contributed by atoms with E-state index in [4.69, 9.17) is 4.84 Å². The van der Waals surface area contributed by atoms with Gasteiger partial charge in [-0.25, -0.2) is 13.6 Å². The van der Waals surface area contributed by atoms with Gasteiger partial charge in [0.15, 0.2) is 0 Å². The Morgan fingerprint density at radius 3 is 2.77 bits per heavy atom. The molecule has 6 nitrogen and oxygen atoms in total. The van der Waals surface area contributed by atoms with Crippen LogP contribution in [0.25, 0.3) is 0 Å². The smallest absolute Gasteiger partial charge is 0.340 e. The van der Waals surface area contributed by atoms with Gasteiger partial charge in [-0.1, -0.05) is 17.3 Å². The first kappa shape index (κ1) is 17.5. The maximum atomic E-state index is 13.6. The number of oxime groups is 1. The molecule has 0 fully saturated rings. The van der Waals surface area contributed by atoms with Crippen LogP contribution in [0.4, 0.5) is 14.5 Å². The molecule has 0 aromatic heterocycles. The van der Waals surface area contributed by atoms with E-state index in [2.05, 4.69) is 15.2 Å². The van der Waals surface area contributed by atoms with E-state index in [-0.39, 0.29) is 17.7 Å². The zero-order chi connectivity index (χ0) is 18.7. The molecule has 3 rings (SSSR count). The number of halogens is 2. The topological polar surface area (TPSA) is 77.0 Å². The van der Waals surface area contributed by atoms with E-state index in [0.29, 0.717) is 11.3 Å². The number of amides is 1. The first-order valence-corrected chi connectivity index (χ1v) is 7.65. The van der Waals surface area contributed by atoms with Crippen molar-refractivity contribution in [3.8, 4) is 0 Å². The first-order chi connectivity index (χ1) is 12.5. The highest BCUT2D eigenvalue weighted by molar-refractivity contribution is 6.06. The Morgan fingerprint density at radius 1 is 1.23 bits per heavy atom. The molecule has 1 N–H and O–H groups in total. The maximum absolute atomic E-state index is 13.6. The fourth-order valence-corrected chi connectivity index (χ4v) is 2.45. The monoisotopic (exact) mass is 360 g/mol. The van der Waals surface area contributed by atoms with E-state index >= 15 is 0 Å². The van der Waals surface area contributed by atoms with Crippen molar-refractivity contribution in [2.75, 3.05) is 12.4 Å². The summed E-state index contributed by atoms with van der Waals surface area (Å²) >= 11 is 0. The second kappa shape index (κ2) is 7.30. The summed E-state index contributed by atoms with van der Waals surface area (Å²) in [5, 5.41) is 6.35. The zero-order valence-electron chi connectivity index (χ0n) is 13.7. The average molecular weight is 360 g/mol. The lowest BCUT2D eigenvalue weighted by Gasteiger charge is -2.10. The van der Waals surface area contributed by atoms with E-state index < -0.39 is 29.6 Å². The number of carbonyl (C=O) groups excluding carboxylic acids is 2. The van der Waals surface area contributed by atoms with Gasteiger partial charge in [-0.2, -0.15) is 0 Å². The Labute approximate surface area is 147 Å². The third-order valence-corrected chi connectivity index (χ3v) is 3.76. The summed E-state index contributed by atoms with van der Waals surface area (Å²) in [6.45, 7) is 0. The molecule has 1 heterocycles. The average Bonchev–Trinajstić information content (AvgIpc) is 3.13. The van der Waals surface area contributed by atoms with Crippen LogP contribution in [0.2, 0.25) is 0 Å². The van der Waals surface area contributed by atoms with Crippen molar-refractivity contribution in [1.29, 1.82) is 0 Å². The van der Waals surface area contributed by atoms with Crippen LogP contribution in [0.3, 0.4) is 0 Å². The number of anilines is 1. The number of esters is 1. The van der Waals surface area contributed by atoms with E-state index in [1.54, 1.807) is 6.07 Å². The number of rotatable bonds is 4. The normalized spacial score (nSPS) is 15.8. The molecule has 0 bridgehead atoms. The minimum absolute atomic E-state index is 0.153. The lowest BCUT2D eigenvalue weighted by molar-refractivity contribution is -0.125. The highest BCUT2D eigenvalue weighted by atomic mass is 19.1. The van der Waals surface area contributed by atoms with Crippen molar-refractivity contribution in [3.05, 3.63) is 65.2 Å². The Kier molecular flexibility index (Phi) is 4.92. The molecule has 0 spiro atoms. The quantitative estimate of drug-likeness (QED) is 0.851. The minimum atomic E-state index is -0.917. The standard InChI is InChI=1S/C18H14F2N2O4/c1-25-18(24)13-8-12(5-6-14(13)20)21-17(23)16-9-15(22-26-16)10-3-2-4-11(19)7-10/h2-8,16H,9H2,1H3,(H,21,23)/t16-/m0/s1. The van der Waals surface area contributed by atoms with Crippen molar-refractivity contribution in [2.45, 2.75) is 12.5 Å². The van der Waals surface area contributed by atoms with E-state index in [1.807, 2.05) is 0 Å². The van der Waals surface area contributed by atoms with Crippen LogP contribution < -0.4 is 5.32 Å². The van der Waals surface area contributed by atoms with Gasteiger partial charge in [0.2, 0.25) is 6.10 Å². The van der Waals surface area contributed by atoms with Crippen molar-refractivity contribution in [3.63, 3.8) is 0 Å². The molecule has 1 aliphatic heterocycles. The molecular weight excluding hydrogens is 346 g/mol. The van der Waals surface area contributed by atoms with Gasteiger partial charge < -0.3 is 14.9 Å². The first-order valence-electron chi connectivity index (χ1n) is 7.65. The maximum Gasteiger partial charge on any atom is 0.340 e. The molecule has 0 saturated heterocycles. The molecular formula is C18H14F2N2O4. The Bertz CT molecular complexity index is 899. The Balaban J connectivity index is 1.68. The number of ether oxygens (including phenoxy) is 1. The SMILES string of the molecule is COC(=O)c1cc(NC(=O)[C@@H]2CC(c3cccc(F)c3)=NO2)ccc1F. The molecule has 0 unspecified atom stereocenters. The summed E-state index contributed by atoms with van der Waals surface area (Å²) in [6, 6.07) is 9.32. The van der Waals surface area contributed by atoms with Crippen LogP contribution in [0, 0.1) is 11.6 Å². The molecule has 1 amide bonds. The zero-order valence-corrected chi connectivity index (χ0v) is 13.7. The molecule has 8 heteroatoms. The van der Waals surface area contributed by atoms with E-state index in [0.717, 1.165) is 13.2 Å². The van der Waals surface area contributed by atoms with E-state index in [1.165, 1.54) is 30.3 Å². The largest absolute Gasteiger partial charge is 0.465 e. The summed E-state index contributed by atoms with van der Waals surface area (Å²) in [6.07, 6.45) is -0.764. The summed E-state index contributed by atoms with van der Waals surface area (Å²) < 4.78 is 31.4. The second-order valence-corrected chi connectivity index (χ2v) is 5.52. The summed E-state index contributed by atoms with van der Waals surface area (Å²) in [7, 11) is 1.13. The molecule has 2 aromatic rings. The lowest BCUT2D eigenvalue weighted by Crippen LogP contribution is -2.28. The van der Waals surface area contributed by atoms with Gasteiger partial charge in [-0.05, 0) is 30.3 Å². The molecule has 0 radical (unpaired) electrons. The van der Waals surface area contributed by atoms with Crippen LogP contribution >= 0.6 is 0 Å². The van der Waals surface area contributed by atoms with Crippen LogP contribution in [0.1, 0.15) is 22.3 Å². The highest BCUT2D eigenvalue weighted by Crippen LogP contribution is 2.20.